The van der Waals surface area contributed by atoms with E-state index in [9.17, 15) is 29.3 Å². The molecular formula is C16H17ClN4O6. The van der Waals surface area contributed by atoms with Gasteiger partial charge in [-0.25, -0.2) is 0 Å². The normalized spacial score (nSPS) is 12.7. The molecule has 144 valence electrons. The zero-order valence-electron chi connectivity index (χ0n) is 14.2. The number of hydrogen-bond donors (Lipinski definition) is 2. The molecule has 1 aliphatic heterocycles. The van der Waals surface area contributed by atoms with Crippen LogP contribution in [0.4, 0.5) is 5.69 Å². The number of alkyl halides is 1. The van der Waals surface area contributed by atoms with Crippen molar-refractivity contribution in [2.75, 3.05) is 25.5 Å². The molecule has 0 aliphatic carbocycles. The van der Waals surface area contributed by atoms with Gasteiger partial charge >= 0.3 is 0 Å². The van der Waals surface area contributed by atoms with Crippen LogP contribution in [0.5, 0.6) is 0 Å². The number of amides is 4. The second-order valence-electron chi connectivity index (χ2n) is 5.68. The average molecular weight is 397 g/mol. The number of halogens is 1. The Labute approximate surface area is 159 Å². The number of fused-ring (bicyclic) bond motifs is 1. The van der Waals surface area contributed by atoms with Crippen LogP contribution < -0.4 is 10.6 Å². The van der Waals surface area contributed by atoms with E-state index >= 15 is 0 Å². The lowest BCUT2D eigenvalue weighted by molar-refractivity contribution is -0.384. The largest absolute Gasteiger partial charge is 0.354 e. The van der Waals surface area contributed by atoms with Gasteiger partial charge in [0.05, 0.1) is 16.1 Å². The van der Waals surface area contributed by atoms with E-state index in [1.807, 2.05) is 0 Å². The number of benzene rings is 1. The van der Waals surface area contributed by atoms with Crippen LogP contribution in [0, 0.1) is 10.1 Å². The molecule has 0 atom stereocenters. The van der Waals surface area contributed by atoms with Crippen molar-refractivity contribution in [1.82, 2.24) is 15.5 Å². The van der Waals surface area contributed by atoms with Crippen LogP contribution in [0.1, 0.15) is 33.6 Å². The van der Waals surface area contributed by atoms with E-state index in [0.29, 0.717) is 18.7 Å². The molecule has 0 aromatic heterocycles. The van der Waals surface area contributed by atoms with E-state index in [1.54, 1.807) is 0 Å². The summed E-state index contributed by atoms with van der Waals surface area (Å²) in [5.74, 6) is -1.84. The second kappa shape index (κ2) is 9.08. The molecule has 0 saturated heterocycles. The Bertz CT molecular complexity index is 797. The number of rotatable bonds is 9. The topological polar surface area (TPSA) is 139 Å². The van der Waals surface area contributed by atoms with Crippen molar-refractivity contribution < 1.29 is 24.1 Å². The predicted octanol–water partition coefficient (Wildman–Crippen LogP) is 0.442. The Morgan fingerprint density at radius 2 is 1.70 bits per heavy atom. The van der Waals surface area contributed by atoms with Gasteiger partial charge in [0.15, 0.2) is 0 Å². The molecule has 2 N–H and O–H groups in total. The number of nitro groups is 1. The molecule has 1 heterocycles. The zero-order chi connectivity index (χ0) is 20.0. The number of nitrogens with one attached hydrogen (secondary N) is 2. The third kappa shape index (κ3) is 5.00. The highest BCUT2D eigenvalue weighted by atomic mass is 35.5. The lowest BCUT2D eigenvalue weighted by atomic mass is 10.1. The molecule has 2 rings (SSSR count). The first-order valence-electron chi connectivity index (χ1n) is 8.09. The van der Waals surface area contributed by atoms with Gasteiger partial charge in [-0.1, -0.05) is 0 Å². The van der Waals surface area contributed by atoms with E-state index in [-0.39, 0.29) is 35.8 Å². The summed E-state index contributed by atoms with van der Waals surface area (Å²) in [4.78, 5) is 58.7. The van der Waals surface area contributed by atoms with Crippen LogP contribution in [0.3, 0.4) is 0 Å². The number of carbonyl (C=O) groups excluding carboxylic acids is 4. The zero-order valence-corrected chi connectivity index (χ0v) is 15.0. The summed E-state index contributed by atoms with van der Waals surface area (Å²) in [7, 11) is 0. The van der Waals surface area contributed by atoms with Gasteiger partial charge in [0, 0.05) is 37.5 Å². The van der Waals surface area contributed by atoms with Crippen molar-refractivity contribution in [3.63, 3.8) is 0 Å². The van der Waals surface area contributed by atoms with Crippen molar-refractivity contribution in [1.29, 1.82) is 0 Å². The molecule has 1 aliphatic rings. The van der Waals surface area contributed by atoms with Crippen LogP contribution in [-0.4, -0.2) is 59.0 Å². The molecular weight excluding hydrogens is 380 g/mol. The van der Waals surface area contributed by atoms with Crippen molar-refractivity contribution >= 4 is 40.9 Å². The number of imide groups is 1. The van der Waals surface area contributed by atoms with Crippen molar-refractivity contribution in [2.24, 2.45) is 0 Å². The van der Waals surface area contributed by atoms with E-state index in [0.717, 1.165) is 17.0 Å². The molecule has 0 fully saturated rings. The summed E-state index contributed by atoms with van der Waals surface area (Å²) in [5.41, 5.74) is -0.399. The quantitative estimate of drug-likeness (QED) is 0.204. The van der Waals surface area contributed by atoms with E-state index < -0.39 is 29.2 Å². The highest BCUT2D eigenvalue weighted by molar-refractivity contribution is 6.22. The summed E-state index contributed by atoms with van der Waals surface area (Å²) in [5, 5.41) is 15.9. The number of carbonyl (C=O) groups is 4. The third-order valence-electron chi connectivity index (χ3n) is 3.77. The first kappa shape index (κ1) is 20.3. The minimum Gasteiger partial charge on any atom is -0.354 e. The van der Waals surface area contributed by atoms with Gasteiger partial charge in [0.25, 0.3) is 17.5 Å². The summed E-state index contributed by atoms with van der Waals surface area (Å²) < 4.78 is 0. The van der Waals surface area contributed by atoms with Gasteiger partial charge in [-0.2, -0.15) is 0 Å². The number of hydrogen-bond acceptors (Lipinski definition) is 6. The molecule has 1 aromatic rings. The van der Waals surface area contributed by atoms with Gasteiger partial charge < -0.3 is 10.6 Å². The van der Waals surface area contributed by atoms with E-state index in [4.69, 9.17) is 11.6 Å². The maximum atomic E-state index is 12.3. The molecule has 27 heavy (non-hydrogen) atoms. The fourth-order valence-corrected chi connectivity index (χ4v) is 2.59. The van der Waals surface area contributed by atoms with Gasteiger partial charge in [0.1, 0.15) is 6.54 Å². The number of non-ortho nitro benzene ring substituents is 1. The van der Waals surface area contributed by atoms with Crippen LogP contribution >= 0.6 is 11.6 Å². The fourth-order valence-electron chi connectivity index (χ4n) is 2.45. The summed E-state index contributed by atoms with van der Waals surface area (Å²) in [6.45, 7) is -0.193. The molecule has 0 bridgehead atoms. The Kier molecular flexibility index (Phi) is 6.83. The average Bonchev–Trinajstić information content (AvgIpc) is 2.88. The molecule has 0 radical (unpaired) electrons. The maximum Gasteiger partial charge on any atom is 0.270 e. The van der Waals surface area contributed by atoms with Gasteiger partial charge in [-0.3, -0.25) is 34.2 Å². The van der Waals surface area contributed by atoms with Crippen molar-refractivity contribution in [3.05, 3.63) is 39.4 Å². The highest BCUT2D eigenvalue weighted by Crippen LogP contribution is 2.26. The number of nitrogens with zero attached hydrogens (tertiary/aromatic N) is 2. The molecule has 0 unspecified atom stereocenters. The Hall–Kier alpha value is -3.01. The van der Waals surface area contributed by atoms with Crippen molar-refractivity contribution in [2.45, 2.75) is 12.8 Å². The summed E-state index contributed by atoms with van der Waals surface area (Å²) in [6.07, 6.45) is 0.844. The standard InChI is InChI=1S/C16H17ClN4O6/c17-5-1-2-13(22)18-6-7-19-14(23)9-20-15(24)11-4-3-10(21(26)27)8-12(11)16(20)25/h3-4,8H,1-2,5-7,9H2,(H,18,22)(H,19,23). The van der Waals surface area contributed by atoms with Crippen LogP contribution in [0.15, 0.2) is 18.2 Å². The molecule has 0 spiro atoms. The molecule has 4 amide bonds. The monoisotopic (exact) mass is 396 g/mol. The summed E-state index contributed by atoms with van der Waals surface area (Å²) in [6, 6.07) is 3.34. The molecule has 1 aromatic carbocycles. The van der Waals surface area contributed by atoms with Gasteiger partial charge in [-0.05, 0) is 12.5 Å². The first-order valence-corrected chi connectivity index (χ1v) is 8.62. The van der Waals surface area contributed by atoms with Crippen LogP contribution in [-0.2, 0) is 9.59 Å². The van der Waals surface area contributed by atoms with E-state index in [2.05, 4.69) is 10.6 Å². The Morgan fingerprint density at radius 3 is 2.33 bits per heavy atom. The first-order chi connectivity index (χ1) is 12.8. The molecule has 11 heteroatoms. The van der Waals surface area contributed by atoms with Crippen molar-refractivity contribution in [3.8, 4) is 0 Å². The second-order valence-corrected chi connectivity index (χ2v) is 6.05. The minimum absolute atomic E-state index is 0.0185. The SMILES string of the molecule is O=C(CCCCl)NCCNC(=O)CN1C(=O)c2ccc([N+](=O)[O-])cc2C1=O. The Morgan fingerprint density at radius 1 is 1.07 bits per heavy atom. The summed E-state index contributed by atoms with van der Waals surface area (Å²) >= 11 is 5.48. The molecule has 0 saturated carbocycles. The maximum absolute atomic E-state index is 12.3. The molecule has 10 nitrogen and oxygen atoms in total. The lowest BCUT2D eigenvalue weighted by Crippen LogP contribution is -2.42. The third-order valence-corrected chi connectivity index (χ3v) is 4.04. The fraction of sp³-hybridized carbons (Fsp3) is 0.375. The van der Waals surface area contributed by atoms with Gasteiger partial charge in [0.2, 0.25) is 11.8 Å². The van der Waals surface area contributed by atoms with Crippen LogP contribution in [0.25, 0.3) is 0 Å². The van der Waals surface area contributed by atoms with Gasteiger partial charge in [-0.15, -0.1) is 11.6 Å². The lowest BCUT2D eigenvalue weighted by Gasteiger charge is -2.13. The minimum atomic E-state index is -0.761. The predicted molar refractivity (Wildman–Crippen MR) is 94.4 cm³/mol. The number of nitro benzene ring substituents is 1. The van der Waals surface area contributed by atoms with Crippen LogP contribution in [0.2, 0.25) is 0 Å². The highest BCUT2D eigenvalue weighted by Gasteiger charge is 2.37. The smallest absolute Gasteiger partial charge is 0.270 e. The van der Waals surface area contributed by atoms with E-state index in [1.165, 1.54) is 6.07 Å². The Balaban J connectivity index is 1.86.